The average molecular weight is 274 g/mol. The lowest BCUT2D eigenvalue weighted by Crippen LogP contribution is -2.35. The lowest BCUT2D eigenvalue weighted by molar-refractivity contribution is 0.234. The molecule has 0 aromatic heterocycles. The summed E-state index contributed by atoms with van der Waals surface area (Å²) in [6, 6.07) is 5.71. The van der Waals surface area contributed by atoms with Crippen molar-refractivity contribution < 1.29 is 9.84 Å². The van der Waals surface area contributed by atoms with Crippen LogP contribution in [0.4, 0.5) is 5.69 Å². The minimum atomic E-state index is -0.367. The Kier molecular flexibility index (Phi) is 3.99. The van der Waals surface area contributed by atoms with Gasteiger partial charge < -0.3 is 15.2 Å². The number of methoxy groups -OCH3 is 1. The second kappa shape index (κ2) is 4.86. The van der Waals surface area contributed by atoms with Crippen molar-refractivity contribution in [3.05, 3.63) is 22.7 Å². The van der Waals surface area contributed by atoms with Crippen LogP contribution in [0.15, 0.2) is 22.7 Å². The Morgan fingerprint density at radius 1 is 1.47 bits per heavy atom. The van der Waals surface area contributed by atoms with Crippen LogP contribution in [0.1, 0.15) is 13.8 Å². The fraction of sp³-hybridized carbons (Fsp3) is 0.455. The molecule has 4 heteroatoms. The third-order valence-electron chi connectivity index (χ3n) is 2.03. The van der Waals surface area contributed by atoms with Gasteiger partial charge in [0.15, 0.2) is 0 Å². The van der Waals surface area contributed by atoms with E-state index in [1.165, 1.54) is 0 Å². The molecule has 1 aromatic carbocycles. The Morgan fingerprint density at radius 3 is 2.67 bits per heavy atom. The third-order valence-corrected chi connectivity index (χ3v) is 2.52. The Bertz CT molecular complexity index is 339. The highest BCUT2D eigenvalue weighted by Gasteiger charge is 2.17. The van der Waals surface area contributed by atoms with Crippen LogP contribution in [0.2, 0.25) is 0 Å². The number of hydrogen-bond donors (Lipinski definition) is 2. The molecule has 0 aliphatic rings. The van der Waals surface area contributed by atoms with Gasteiger partial charge in [-0.3, -0.25) is 0 Å². The first-order chi connectivity index (χ1) is 6.98. The van der Waals surface area contributed by atoms with Crippen LogP contribution in [-0.2, 0) is 0 Å². The number of benzene rings is 1. The standard InChI is InChI=1S/C11H16BrNO2/c1-11(2,7-14)13-9-6-8(12)4-5-10(9)15-3/h4-6,13-14H,7H2,1-3H3. The normalized spacial score (nSPS) is 11.3. The lowest BCUT2D eigenvalue weighted by atomic mass is 10.1. The van der Waals surface area contributed by atoms with E-state index in [1.807, 2.05) is 32.0 Å². The summed E-state index contributed by atoms with van der Waals surface area (Å²) in [5, 5.41) is 12.4. The molecular formula is C11H16BrNO2. The van der Waals surface area contributed by atoms with E-state index < -0.39 is 0 Å². The first kappa shape index (κ1) is 12.3. The predicted molar refractivity (Wildman–Crippen MR) is 65.5 cm³/mol. The van der Waals surface area contributed by atoms with Gasteiger partial charge >= 0.3 is 0 Å². The van der Waals surface area contributed by atoms with E-state index >= 15 is 0 Å². The van der Waals surface area contributed by atoms with Gasteiger partial charge in [0.1, 0.15) is 5.75 Å². The molecule has 84 valence electrons. The first-order valence-electron chi connectivity index (χ1n) is 4.71. The molecule has 0 atom stereocenters. The highest BCUT2D eigenvalue weighted by atomic mass is 79.9. The van der Waals surface area contributed by atoms with Crippen LogP contribution < -0.4 is 10.1 Å². The van der Waals surface area contributed by atoms with Gasteiger partial charge in [-0.15, -0.1) is 0 Å². The van der Waals surface area contributed by atoms with Crippen LogP contribution in [0.5, 0.6) is 5.75 Å². The fourth-order valence-electron chi connectivity index (χ4n) is 1.18. The number of ether oxygens (including phenoxy) is 1. The summed E-state index contributed by atoms with van der Waals surface area (Å²) in [6.45, 7) is 3.91. The van der Waals surface area contributed by atoms with Crippen molar-refractivity contribution in [2.45, 2.75) is 19.4 Å². The summed E-state index contributed by atoms with van der Waals surface area (Å²) in [4.78, 5) is 0. The molecule has 1 rings (SSSR count). The molecule has 0 amide bonds. The van der Waals surface area contributed by atoms with Crippen LogP contribution in [0.3, 0.4) is 0 Å². The Hall–Kier alpha value is -0.740. The molecule has 15 heavy (non-hydrogen) atoms. The smallest absolute Gasteiger partial charge is 0.142 e. The zero-order valence-electron chi connectivity index (χ0n) is 9.17. The molecule has 0 radical (unpaired) electrons. The van der Waals surface area contributed by atoms with Crippen molar-refractivity contribution >= 4 is 21.6 Å². The van der Waals surface area contributed by atoms with E-state index in [4.69, 9.17) is 4.74 Å². The largest absolute Gasteiger partial charge is 0.495 e. The number of hydrogen-bond acceptors (Lipinski definition) is 3. The Labute approximate surface area is 98.6 Å². The third kappa shape index (κ3) is 3.39. The van der Waals surface area contributed by atoms with Gasteiger partial charge in [-0.1, -0.05) is 15.9 Å². The monoisotopic (exact) mass is 273 g/mol. The molecule has 0 heterocycles. The fourth-order valence-corrected chi connectivity index (χ4v) is 1.54. The molecule has 0 unspecified atom stereocenters. The molecule has 0 fully saturated rings. The van der Waals surface area contributed by atoms with Gasteiger partial charge in [-0.25, -0.2) is 0 Å². The summed E-state index contributed by atoms with van der Waals surface area (Å²) in [5.41, 5.74) is 0.500. The molecule has 0 bridgehead atoms. The second-order valence-corrected chi connectivity index (χ2v) is 4.93. The van der Waals surface area contributed by atoms with E-state index in [0.717, 1.165) is 15.9 Å². The maximum absolute atomic E-state index is 9.17. The molecule has 1 aromatic rings. The summed E-state index contributed by atoms with van der Waals surface area (Å²) >= 11 is 3.40. The van der Waals surface area contributed by atoms with Crippen LogP contribution >= 0.6 is 15.9 Å². The summed E-state index contributed by atoms with van der Waals surface area (Å²) in [6.07, 6.45) is 0. The van der Waals surface area contributed by atoms with Crippen LogP contribution in [0, 0.1) is 0 Å². The van der Waals surface area contributed by atoms with Gasteiger partial charge in [-0.05, 0) is 32.0 Å². The van der Waals surface area contributed by atoms with Crippen molar-refractivity contribution in [3.8, 4) is 5.75 Å². The molecule has 3 nitrogen and oxygen atoms in total. The zero-order chi connectivity index (χ0) is 11.5. The number of halogens is 1. The number of rotatable bonds is 4. The van der Waals surface area contributed by atoms with Crippen molar-refractivity contribution in [2.75, 3.05) is 19.0 Å². The highest BCUT2D eigenvalue weighted by Crippen LogP contribution is 2.30. The molecular weight excluding hydrogens is 258 g/mol. The predicted octanol–water partition coefficient (Wildman–Crippen LogP) is 2.64. The van der Waals surface area contributed by atoms with Gasteiger partial charge in [0.25, 0.3) is 0 Å². The minimum absolute atomic E-state index is 0.0582. The minimum Gasteiger partial charge on any atom is -0.495 e. The van der Waals surface area contributed by atoms with Gasteiger partial charge in [0.05, 0.1) is 24.9 Å². The first-order valence-corrected chi connectivity index (χ1v) is 5.50. The van der Waals surface area contributed by atoms with Crippen molar-refractivity contribution in [3.63, 3.8) is 0 Å². The molecule has 0 aliphatic heterocycles. The molecule has 2 N–H and O–H groups in total. The molecule has 0 saturated carbocycles. The second-order valence-electron chi connectivity index (χ2n) is 4.01. The van der Waals surface area contributed by atoms with Gasteiger partial charge in [0, 0.05) is 4.47 Å². The van der Waals surface area contributed by atoms with Crippen LogP contribution in [0.25, 0.3) is 0 Å². The summed E-state index contributed by atoms with van der Waals surface area (Å²) < 4.78 is 6.20. The number of nitrogens with one attached hydrogen (secondary N) is 1. The lowest BCUT2D eigenvalue weighted by Gasteiger charge is -2.26. The van der Waals surface area contributed by atoms with E-state index in [-0.39, 0.29) is 12.1 Å². The Balaban J connectivity index is 2.97. The number of aliphatic hydroxyl groups is 1. The summed E-state index contributed by atoms with van der Waals surface area (Å²) in [7, 11) is 1.63. The molecule has 0 saturated heterocycles. The number of anilines is 1. The zero-order valence-corrected chi connectivity index (χ0v) is 10.8. The molecule has 0 spiro atoms. The number of aliphatic hydroxyl groups excluding tert-OH is 1. The maximum Gasteiger partial charge on any atom is 0.142 e. The quantitative estimate of drug-likeness (QED) is 0.886. The van der Waals surface area contributed by atoms with Crippen molar-refractivity contribution in [1.82, 2.24) is 0 Å². The van der Waals surface area contributed by atoms with Crippen molar-refractivity contribution in [2.24, 2.45) is 0 Å². The topological polar surface area (TPSA) is 41.5 Å². The molecule has 0 aliphatic carbocycles. The van der Waals surface area contributed by atoms with E-state index in [2.05, 4.69) is 21.2 Å². The van der Waals surface area contributed by atoms with E-state index in [9.17, 15) is 5.11 Å². The highest BCUT2D eigenvalue weighted by molar-refractivity contribution is 9.10. The SMILES string of the molecule is COc1ccc(Br)cc1NC(C)(C)CO. The average Bonchev–Trinajstić information content (AvgIpc) is 2.18. The maximum atomic E-state index is 9.17. The van der Waals surface area contributed by atoms with Gasteiger partial charge in [-0.2, -0.15) is 0 Å². The Morgan fingerprint density at radius 2 is 2.13 bits per heavy atom. The van der Waals surface area contributed by atoms with Crippen molar-refractivity contribution in [1.29, 1.82) is 0 Å². The van der Waals surface area contributed by atoms with E-state index in [1.54, 1.807) is 7.11 Å². The van der Waals surface area contributed by atoms with E-state index in [0.29, 0.717) is 0 Å². The van der Waals surface area contributed by atoms with Gasteiger partial charge in [0.2, 0.25) is 0 Å². The summed E-state index contributed by atoms with van der Waals surface area (Å²) in [5.74, 6) is 0.764. The van der Waals surface area contributed by atoms with Crippen LogP contribution in [-0.4, -0.2) is 24.4 Å².